The maximum atomic E-state index is 13.1. The van der Waals surface area contributed by atoms with Gasteiger partial charge >= 0.3 is 0 Å². The highest BCUT2D eigenvalue weighted by Gasteiger charge is 1.96. The predicted molar refractivity (Wildman–Crippen MR) is 62.1 cm³/mol. The van der Waals surface area contributed by atoms with Gasteiger partial charge in [-0.2, -0.15) is 0 Å². The van der Waals surface area contributed by atoms with E-state index >= 15 is 0 Å². The molecule has 78 valence electrons. The zero-order valence-corrected chi connectivity index (χ0v) is 9.39. The van der Waals surface area contributed by atoms with E-state index in [0.29, 0.717) is 0 Å². The van der Waals surface area contributed by atoms with Gasteiger partial charge in [-0.25, -0.2) is 4.39 Å². The minimum absolute atomic E-state index is 0.211. The van der Waals surface area contributed by atoms with Crippen LogP contribution in [0.25, 0.3) is 0 Å². The van der Waals surface area contributed by atoms with Gasteiger partial charge in [-0.3, -0.25) is 0 Å². The van der Waals surface area contributed by atoms with Crippen LogP contribution in [-0.4, -0.2) is 0 Å². The average Bonchev–Trinajstić information content (AvgIpc) is 2.25. The van der Waals surface area contributed by atoms with Crippen molar-refractivity contribution < 1.29 is 4.39 Å². The van der Waals surface area contributed by atoms with Crippen molar-refractivity contribution in [2.24, 2.45) is 0 Å². The number of halogens is 1. The lowest BCUT2D eigenvalue weighted by atomic mass is 10.1. The van der Waals surface area contributed by atoms with Crippen LogP contribution in [-0.2, 0) is 6.42 Å². The molecule has 0 N–H and O–H groups in total. The van der Waals surface area contributed by atoms with Gasteiger partial charge in [-0.05, 0) is 49.6 Å². The summed E-state index contributed by atoms with van der Waals surface area (Å²) in [6.45, 7) is 5.88. The number of hydrogen-bond acceptors (Lipinski definition) is 0. The number of allylic oxidation sites excluding steroid dienone is 2. The summed E-state index contributed by atoms with van der Waals surface area (Å²) >= 11 is 0. The minimum Gasteiger partial charge on any atom is -0.207 e. The first kappa shape index (κ1) is 11.5. The van der Waals surface area contributed by atoms with Crippen molar-refractivity contribution in [1.82, 2.24) is 0 Å². The summed E-state index contributed by atoms with van der Waals surface area (Å²) in [6, 6.07) is 4.95. The lowest BCUT2D eigenvalue weighted by Crippen LogP contribution is -1.86. The monoisotopic (exact) mass is 202 g/mol. The minimum atomic E-state index is -0.211. The van der Waals surface area contributed by atoms with E-state index in [2.05, 4.69) is 11.8 Å². The van der Waals surface area contributed by atoms with Gasteiger partial charge in [0.15, 0.2) is 0 Å². The van der Waals surface area contributed by atoms with Gasteiger partial charge in [0, 0.05) is 5.56 Å². The highest BCUT2D eigenvalue weighted by molar-refractivity contribution is 5.41. The summed E-state index contributed by atoms with van der Waals surface area (Å²) in [6.07, 6.45) is 2.77. The van der Waals surface area contributed by atoms with Crippen LogP contribution in [0, 0.1) is 17.7 Å². The molecule has 0 fully saturated rings. The fraction of sp³-hybridized carbons (Fsp3) is 0.286. The molecule has 1 aromatic rings. The lowest BCUT2D eigenvalue weighted by Gasteiger charge is -1.98. The van der Waals surface area contributed by atoms with E-state index in [1.165, 1.54) is 6.07 Å². The quantitative estimate of drug-likeness (QED) is 0.609. The molecule has 0 aromatic heterocycles. The van der Waals surface area contributed by atoms with E-state index in [4.69, 9.17) is 0 Å². The van der Waals surface area contributed by atoms with Crippen LogP contribution in [0.2, 0.25) is 0 Å². The van der Waals surface area contributed by atoms with E-state index < -0.39 is 0 Å². The Kier molecular flexibility index (Phi) is 4.12. The van der Waals surface area contributed by atoms with Gasteiger partial charge < -0.3 is 0 Å². The Balaban J connectivity index is 3.03. The van der Waals surface area contributed by atoms with Crippen molar-refractivity contribution in [2.75, 3.05) is 0 Å². The predicted octanol–water partition coefficient (Wildman–Crippen LogP) is 3.71. The van der Waals surface area contributed by atoms with Crippen molar-refractivity contribution in [1.29, 1.82) is 0 Å². The molecule has 0 saturated carbocycles. The molecule has 0 amide bonds. The van der Waals surface area contributed by atoms with Crippen molar-refractivity contribution in [3.63, 3.8) is 0 Å². The topological polar surface area (TPSA) is 0 Å². The first-order chi connectivity index (χ1) is 7.15. The molecule has 0 heterocycles. The van der Waals surface area contributed by atoms with E-state index in [1.807, 2.05) is 32.9 Å². The highest BCUT2D eigenvalue weighted by Crippen LogP contribution is 2.09. The number of rotatable bonds is 1. The Morgan fingerprint density at radius 2 is 2.13 bits per heavy atom. The smallest absolute Gasteiger partial charge is 0.124 e. The van der Waals surface area contributed by atoms with Crippen LogP contribution < -0.4 is 0 Å². The Bertz CT molecular complexity index is 430. The van der Waals surface area contributed by atoms with Crippen molar-refractivity contribution >= 4 is 0 Å². The Labute approximate surface area is 90.8 Å². The van der Waals surface area contributed by atoms with E-state index in [9.17, 15) is 4.39 Å². The maximum Gasteiger partial charge on any atom is 0.124 e. The lowest BCUT2D eigenvalue weighted by molar-refractivity contribution is 0.625. The number of aryl methyl sites for hydroxylation is 1. The number of hydrogen-bond donors (Lipinski definition) is 0. The fourth-order valence-electron chi connectivity index (χ4n) is 1.17. The Hall–Kier alpha value is -1.55. The van der Waals surface area contributed by atoms with Crippen LogP contribution >= 0.6 is 0 Å². The Morgan fingerprint density at radius 3 is 2.73 bits per heavy atom. The average molecular weight is 202 g/mol. The van der Waals surface area contributed by atoms with Gasteiger partial charge in [0.05, 0.1) is 0 Å². The summed E-state index contributed by atoms with van der Waals surface area (Å²) in [7, 11) is 0. The Morgan fingerprint density at radius 1 is 1.40 bits per heavy atom. The van der Waals surface area contributed by atoms with Crippen LogP contribution in [0.4, 0.5) is 4.39 Å². The molecule has 0 atom stereocenters. The van der Waals surface area contributed by atoms with Crippen LogP contribution in [0.3, 0.4) is 0 Å². The molecular formula is C14H15F. The molecule has 0 aliphatic carbocycles. The van der Waals surface area contributed by atoms with Gasteiger partial charge in [-0.15, -0.1) is 0 Å². The van der Waals surface area contributed by atoms with E-state index in [0.717, 1.165) is 23.1 Å². The summed E-state index contributed by atoms with van der Waals surface area (Å²) in [5.41, 5.74) is 2.72. The molecule has 0 unspecified atom stereocenters. The second-order valence-electron chi connectivity index (χ2n) is 3.42. The van der Waals surface area contributed by atoms with Crippen LogP contribution in [0.15, 0.2) is 29.8 Å². The molecule has 1 aromatic carbocycles. The molecule has 0 bridgehead atoms. The van der Waals surface area contributed by atoms with Gasteiger partial charge in [-0.1, -0.05) is 24.8 Å². The molecule has 0 nitrogen and oxygen atoms in total. The first-order valence-corrected chi connectivity index (χ1v) is 5.10. The third-order valence-corrected chi connectivity index (χ3v) is 2.20. The van der Waals surface area contributed by atoms with E-state index in [-0.39, 0.29) is 5.82 Å². The first-order valence-electron chi connectivity index (χ1n) is 5.10. The van der Waals surface area contributed by atoms with Crippen molar-refractivity contribution in [2.45, 2.75) is 27.2 Å². The zero-order chi connectivity index (χ0) is 11.3. The molecule has 15 heavy (non-hydrogen) atoms. The zero-order valence-electron chi connectivity index (χ0n) is 9.39. The fourth-order valence-corrected chi connectivity index (χ4v) is 1.17. The third-order valence-electron chi connectivity index (χ3n) is 2.20. The second-order valence-corrected chi connectivity index (χ2v) is 3.42. The molecule has 0 aliphatic heterocycles. The molecule has 1 heteroatoms. The van der Waals surface area contributed by atoms with E-state index in [1.54, 1.807) is 6.07 Å². The SMILES string of the molecule is CC=C(C)C#Cc1cc(F)cc(CC)c1. The summed E-state index contributed by atoms with van der Waals surface area (Å²) < 4.78 is 13.1. The largest absolute Gasteiger partial charge is 0.207 e. The van der Waals surface area contributed by atoms with Crippen LogP contribution in [0.1, 0.15) is 31.9 Å². The van der Waals surface area contributed by atoms with Gasteiger partial charge in [0.25, 0.3) is 0 Å². The summed E-state index contributed by atoms with van der Waals surface area (Å²) in [5, 5.41) is 0. The van der Waals surface area contributed by atoms with Crippen molar-refractivity contribution in [3.8, 4) is 11.8 Å². The van der Waals surface area contributed by atoms with Gasteiger partial charge in [0.1, 0.15) is 5.82 Å². The molecule has 1 rings (SSSR count). The van der Waals surface area contributed by atoms with Crippen molar-refractivity contribution in [3.05, 3.63) is 46.8 Å². The molecule has 0 aliphatic rings. The second kappa shape index (κ2) is 5.36. The maximum absolute atomic E-state index is 13.1. The van der Waals surface area contributed by atoms with Crippen LogP contribution in [0.5, 0.6) is 0 Å². The van der Waals surface area contributed by atoms with Gasteiger partial charge in [0.2, 0.25) is 0 Å². The normalized spacial score (nSPS) is 10.8. The molecular weight excluding hydrogens is 187 g/mol. The molecule has 0 spiro atoms. The molecule has 0 saturated heterocycles. The standard InChI is InChI=1S/C14H15F/c1-4-11(3)6-7-13-8-12(5-2)9-14(15)10-13/h4,8-10H,5H2,1-3H3. The third kappa shape index (κ3) is 3.59. The molecule has 0 radical (unpaired) electrons. The highest BCUT2D eigenvalue weighted by atomic mass is 19.1. The number of benzene rings is 1. The summed E-state index contributed by atoms with van der Waals surface area (Å²) in [5.74, 6) is 5.71. The summed E-state index contributed by atoms with van der Waals surface area (Å²) in [4.78, 5) is 0.